The molecule has 1 saturated heterocycles. The van der Waals surface area contributed by atoms with Gasteiger partial charge in [0.2, 0.25) is 14.3 Å². The number of pyridine rings is 1. The Labute approximate surface area is 286 Å². The molecule has 0 radical (unpaired) electrons. The van der Waals surface area contributed by atoms with Crippen LogP contribution in [-0.2, 0) is 33.0 Å². The molecule has 1 fully saturated rings. The molecule has 0 aliphatic carbocycles. The van der Waals surface area contributed by atoms with Crippen LogP contribution in [-0.4, -0.2) is 61.2 Å². The number of carbonyl (C=O) groups excluding carboxylic acids is 2. The lowest BCUT2D eigenvalue weighted by Crippen LogP contribution is -2.45. The Hall–Kier alpha value is -4.58. The molecule has 0 unspecified atom stereocenters. The minimum atomic E-state index is -3.57. The van der Waals surface area contributed by atoms with Gasteiger partial charge in [0.1, 0.15) is 0 Å². The van der Waals surface area contributed by atoms with Crippen LogP contribution in [0, 0.1) is 5.92 Å². The highest BCUT2D eigenvalue weighted by Crippen LogP contribution is 2.60. The first kappa shape index (κ1) is 34.3. The zero-order valence-electron chi connectivity index (χ0n) is 28.2. The highest BCUT2D eigenvalue weighted by molar-refractivity contribution is 6.72. The van der Waals surface area contributed by atoms with Crippen molar-refractivity contribution in [2.24, 2.45) is 5.92 Å². The molecule has 9 nitrogen and oxygen atoms in total. The molecule has 49 heavy (non-hydrogen) atoms. The molecular formula is C38H42FN3O6Si. The lowest BCUT2D eigenvalue weighted by atomic mass is 9.82. The first-order chi connectivity index (χ1) is 23.5. The number of aliphatic hydroxyl groups excluding tert-OH is 1. The summed E-state index contributed by atoms with van der Waals surface area (Å²) in [6.07, 6.45) is 0.573. The van der Waals surface area contributed by atoms with E-state index in [1.165, 1.54) is 11.7 Å². The van der Waals surface area contributed by atoms with E-state index in [-0.39, 0.29) is 55.8 Å². The molecule has 2 aliphatic heterocycles. The molecule has 3 aromatic carbocycles. The average Bonchev–Trinajstić information content (AvgIpc) is 3.51. The van der Waals surface area contributed by atoms with Crippen LogP contribution in [0.3, 0.4) is 0 Å². The molecule has 1 N–H and O–H groups in total. The largest absolute Gasteiger partial charge is 0.491 e. The summed E-state index contributed by atoms with van der Waals surface area (Å²) < 4.78 is 30.1. The monoisotopic (exact) mass is 683 g/mol. The maximum Gasteiger partial charge on any atom is 0.297 e. The fourth-order valence-corrected chi connectivity index (χ4v) is 10.2. The summed E-state index contributed by atoms with van der Waals surface area (Å²) >= 11 is 0. The topological polar surface area (TPSA) is 101 Å². The normalized spacial score (nSPS) is 21.6. The number of anilines is 1. The van der Waals surface area contributed by atoms with E-state index in [0.29, 0.717) is 16.9 Å². The fraction of sp³-hybridized carbons (Fsp3) is 0.342. The van der Waals surface area contributed by atoms with E-state index in [1.54, 1.807) is 59.4 Å². The summed E-state index contributed by atoms with van der Waals surface area (Å²) in [5.41, 5.74) is 0.758. The van der Waals surface area contributed by atoms with Gasteiger partial charge in [0.05, 0.1) is 38.5 Å². The number of nitrogens with zero attached hydrogens (tertiary/aromatic N) is 3. The number of ether oxygens (including phenoxy) is 2. The van der Waals surface area contributed by atoms with Crippen molar-refractivity contribution in [3.8, 4) is 11.4 Å². The fourth-order valence-electron chi connectivity index (χ4n) is 7.66. The first-order valence-electron chi connectivity index (χ1n) is 16.5. The lowest BCUT2D eigenvalue weighted by molar-refractivity contribution is -0.150. The van der Waals surface area contributed by atoms with Crippen LogP contribution in [0.25, 0.3) is 5.69 Å². The van der Waals surface area contributed by atoms with Crippen molar-refractivity contribution >= 4 is 25.9 Å². The summed E-state index contributed by atoms with van der Waals surface area (Å²) in [4.78, 5) is 45.3. The van der Waals surface area contributed by atoms with E-state index in [4.69, 9.17) is 9.47 Å². The Morgan fingerprint density at radius 3 is 2.31 bits per heavy atom. The van der Waals surface area contributed by atoms with Crippen molar-refractivity contribution in [2.45, 2.75) is 56.8 Å². The van der Waals surface area contributed by atoms with Crippen LogP contribution in [0.4, 0.5) is 9.80 Å². The molecule has 0 saturated carbocycles. The summed E-state index contributed by atoms with van der Waals surface area (Å²) in [6, 6.07) is 27.7. The van der Waals surface area contributed by atoms with Crippen molar-refractivity contribution in [2.75, 3.05) is 25.2 Å². The van der Waals surface area contributed by atoms with E-state index >= 15 is 4.11 Å². The van der Waals surface area contributed by atoms with Gasteiger partial charge < -0.3 is 28.5 Å². The molecule has 2 amide bonds. The standard InChI is InChI=1S/C38H42FN3O6Si/c1-26-35(49(3,4)39)33(23-34(44)40(20-21-43)24-27-12-7-5-8-13-27)48-38(26)30-22-29(41-19-11-16-32(47-2)36(41)45)17-18-31(30)42(37(38)46)25-28-14-9-6-10-15-28/h5-19,22,26,33,35,43H,20-21,23-25H2,1-4H3/t26-,33+,35-,38+/m1/s1. The van der Waals surface area contributed by atoms with E-state index < -0.39 is 31.6 Å². The maximum atomic E-state index is 16.5. The van der Waals surface area contributed by atoms with Crippen LogP contribution in [0.15, 0.2) is 102 Å². The van der Waals surface area contributed by atoms with E-state index in [9.17, 15) is 19.5 Å². The minimum Gasteiger partial charge on any atom is -0.491 e. The number of hydrogen-bond donors (Lipinski definition) is 1. The van der Waals surface area contributed by atoms with Gasteiger partial charge in [-0.05, 0) is 54.6 Å². The molecule has 4 aromatic rings. The van der Waals surface area contributed by atoms with Crippen LogP contribution in [0.1, 0.15) is 30.0 Å². The number of amides is 2. The summed E-state index contributed by atoms with van der Waals surface area (Å²) in [6.45, 7) is 5.44. The van der Waals surface area contributed by atoms with Crippen molar-refractivity contribution in [3.63, 3.8) is 0 Å². The Kier molecular flexibility index (Phi) is 9.61. The van der Waals surface area contributed by atoms with E-state index in [1.807, 2.05) is 67.6 Å². The van der Waals surface area contributed by atoms with Crippen molar-refractivity contribution < 1.29 is 28.3 Å². The highest BCUT2D eigenvalue weighted by atomic mass is 28.4. The van der Waals surface area contributed by atoms with Gasteiger partial charge in [0.15, 0.2) is 11.4 Å². The van der Waals surface area contributed by atoms with Gasteiger partial charge in [0, 0.05) is 42.0 Å². The smallest absolute Gasteiger partial charge is 0.297 e. The predicted molar refractivity (Wildman–Crippen MR) is 188 cm³/mol. The van der Waals surface area contributed by atoms with Crippen molar-refractivity contribution in [3.05, 3.63) is 124 Å². The van der Waals surface area contributed by atoms with Gasteiger partial charge in [-0.15, -0.1) is 0 Å². The molecule has 1 spiro atoms. The van der Waals surface area contributed by atoms with Crippen molar-refractivity contribution in [1.82, 2.24) is 9.47 Å². The molecule has 6 rings (SSSR count). The highest BCUT2D eigenvalue weighted by Gasteiger charge is 2.67. The van der Waals surface area contributed by atoms with Gasteiger partial charge in [-0.2, -0.15) is 0 Å². The second kappa shape index (κ2) is 13.7. The number of methoxy groups -OCH3 is 1. The van der Waals surface area contributed by atoms with Gasteiger partial charge in [-0.25, -0.2) is 0 Å². The van der Waals surface area contributed by atoms with Crippen LogP contribution in [0.2, 0.25) is 18.6 Å². The number of benzene rings is 3. The van der Waals surface area contributed by atoms with Crippen LogP contribution >= 0.6 is 0 Å². The quantitative estimate of drug-likeness (QED) is 0.164. The van der Waals surface area contributed by atoms with Gasteiger partial charge in [-0.3, -0.25) is 19.0 Å². The number of hydrogen-bond acceptors (Lipinski definition) is 6. The third kappa shape index (κ3) is 6.34. The minimum absolute atomic E-state index is 0.105. The number of rotatable bonds is 11. The Morgan fingerprint density at radius 1 is 1.00 bits per heavy atom. The van der Waals surface area contributed by atoms with Crippen LogP contribution < -0.4 is 15.2 Å². The summed E-state index contributed by atoms with van der Waals surface area (Å²) in [5.74, 6) is -1.10. The average molecular weight is 684 g/mol. The number of carbonyl (C=O) groups is 2. The van der Waals surface area contributed by atoms with Gasteiger partial charge in [-0.1, -0.05) is 67.6 Å². The van der Waals surface area contributed by atoms with E-state index in [2.05, 4.69) is 0 Å². The molecule has 4 atom stereocenters. The zero-order chi connectivity index (χ0) is 34.9. The molecular weight excluding hydrogens is 642 g/mol. The molecule has 3 heterocycles. The molecule has 11 heteroatoms. The number of fused-ring (bicyclic) bond motifs is 2. The molecule has 256 valence electrons. The molecule has 1 aromatic heterocycles. The molecule has 2 aliphatic rings. The lowest BCUT2D eigenvalue weighted by Gasteiger charge is -2.31. The number of aliphatic hydroxyl groups is 1. The van der Waals surface area contributed by atoms with E-state index in [0.717, 1.165) is 11.1 Å². The Morgan fingerprint density at radius 2 is 1.67 bits per heavy atom. The second-order valence-corrected chi connectivity index (χ2v) is 17.1. The van der Waals surface area contributed by atoms with Crippen molar-refractivity contribution in [1.29, 1.82) is 0 Å². The summed E-state index contributed by atoms with van der Waals surface area (Å²) in [5, 5.41) is 9.82. The third-order valence-electron chi connectivity index (χ3n) is 9.85. The number of aromatic nitrogens is 1. The van der Waals surface area contributed by atoms with Gasteiger partial charge >= 0.3 is 0 Å². The summed E-state index contributed by atoms with van der Waals surface area (Å²) in [7, 11) is -2.14. The van der Waals surface area contributed by atoms with Gasteiger partial charge in [0.25, 0.3) is 11.5 Å². The molecule has 0 bridgehead atoms. The Bertz CT molecular complexity index is 1880. The third-order valence-corrected chi connectivity index (χ3v) is 12.3. The Balaban J connectivity index is 1.44. The van der Waals surface area contributed by atoms with Crippen LogP contribution in [0.5, 0.6) is 5.75 Å². The first-order valence-corrected chi connectivity index (χ1v) is 19.5. The predicted octanol–water partition coefficient (Wildman–Crippen LogP) is 5.58. The zero-order valence-corrected chi connectivity index (χ0v) is 29.2. The number of halogens is 1. The second-order valence-electron chi connectivity index (χ2n) is 13.3. The SMILES string of the molecule is COc1cccn(-c2ccc3c(c2)[C@]2(O[C@@H](CC(=O)N(CCO)Cc4ccccc4)[C@H]([Si](C)(C)F)[C@H]2C)C(=O)N3Cc2ccccc2)c1=O. The maximum absolute atomic E-state index is 16.5.